The molecular weight excluding hydrogens is 312 g/mol. The second-order valence-corrected chi connectivity index (χ2v) is 7.86. The molecule has 0 aromatic heterocycles. The summed E-state index contributed by atoms with van der Waals surface area (Å²) in [4.78, 5) is 14.7. The maximum absolute atomic E-state index is 12.6. The summed E-state index contributed by atoms with van der Waals surface area (Å²) < 4.78 is 0. The first-order valence-corrected chi connectivity index (χ1v) is 9.86. The van der Waals surface area contributed by atoms with E-state index in [0.717, 1.165) is 44.6 Å². The predicted octanol–water partition coefficient (Wildman–Crippen LogP) is 2.98. The summed E-state index contributed by atoms with van der Waals surface area (Å²) in [5.74, 6) is 1.64. The summed E-state index contributed by atoms with van der Waals surface area (Å²) in [6.45, 7) is 5.96. The van der Waals surface area contributed by atoms with Crippen molar-refractivity contribution in [3.63, 3.8) is 0 Å². The van der Waals surface area contributed by atoms with Gasteiger partial charge >= 0.3 is 0 Å². The van der Waals surface area contributed by atoms with Gasteiger partial charge in [-0.2, -0.15) is 0 Å². The molecule has 0 radical (unpaired) electrons. The first-order chi connectivity index (χ1) is 12.1. The summed E-state index contributed by atoms with van der Waals surface area (Å²) in [5, 5.41) is 14.0. The highest BCUT2D eigenvalue weighted by Gasteiger charge is 2.30. The third-order valence-corrected chi connectivity index (χ3v) is 6.12. The lowest BCUT2D eigenvalue weighted by Crippen LogP contribution is -2.41. The van der Waals surface area contributed by atoms with Gasteiger partial charge in [0.2, 0.25) is 5.91 Å². The van der Waals surface area contributed by atoms with E-state index < -0.39 is 6.10 Å². The van der Waals surface area contributed by atoms with Gasteiger partial charge in [0.05, 0.1) is 6.10 Å². The Balaban J connectivity index is 1.46. The number of rotatable bonds is 5. The monoisotopic (exact) mass is 344 g/mol. The fourth-order valence-corrected chi connectivity index (χ4v) is 4.32. The highest BCUT2D eigenvalue weighted by atomic mass is 16.3. The van der Waals surface area contributed by atoms with E-state index in [1.54, 1.807) is 0 Å². The van der Waals surface area contributed by atoms with Gasteiger partial charge in [0, 0.05) is 19.5 Å². The molecule has 2 aliphatic rings. The molecule has 138 valence electrons. The molecule has 0 aliphatic carbocycles. The number of amides is 1. The molecule has 3 atom stereocenters. The molecule has 0 spiro atoms. The zero-order valence-corrected chi connectivity index (χ0v) is 15.4. The number of benzene rings is 1. The normalized spacial score (nSPS) is 24.7. The first-order valence-electron chi connectivity index (χ1n) is 9.86. The van der Waals surface area contributed by atoms with Crippen molar-refractivity contribution in [1.82, 2.24) is 10.2 Å². The van der Waals surface area contributed by atoms with E-state index in [0.29, 0.717) is 24.2 Å². The van der Waals surface area contributed by atoms with Gasteiger partial charge in [-0.25, -0.2) is 0 Å². The highest BCUT2D eigenvalue weighted by molar-refractivity contribution is 5.76. The van der Waals surface area contributed by atoms with Crippen molar-refractivity contribution in [3.05, 3.63) is 35.9 Å². The quantitative estimate of drug-likeness (QED) is 0.863. The van der Waals surface area contributed by atoms with Gasteiger partial charge in [0.1, 0.15) is 0 Å². The van der Waals surface area contributed by atoms with Crippen LogP contribution in [0.4, 0.5) is 0 Å². The van der Waals surface area contributed by atoms with E-state index in [9.17, 15) is 9.90 Å². The van der Waals surface area contributed by atoms with E-state index in [4.69, 9.17) is 0 Å². The molecule has 0 bridgehead atoms. The number of piperidine rings is 2. The van der Waals surface area contributed by atoms with Crippen LogP contribution in [0.3, 0.4) is 0 Å². The third kappa shape index (κ3) is 4.83. The summed E-state index contributed by atoms with van der Waals surface area (Å²) in [6.07, 6.45) is 4.50. The highest BCUT2D eigenvalue weighted by Crippen LogP contribution is 2.31. The maximum Gasteiger partial charge on any atom is 0.222 e. The molecule has 4 nitrogen and oxygen atoms in total. The van der Waals surface area contributed by atoms with Gasteiger partial charge < -0.3 is 15.3 Å². The van der Waals surface area contributed by atoms with Crippen molar-refractivity contribution in [2.24, 2.45) is 17.8 Å². The average molecular weight is 344 g/mol. The van der Waals surface area contributed by atoms with E-state index in [1.807, 2.05) is 35.2 Å². The van der Waals surface area contributed by atoms with Crippen LogP contribution in [0.5, 0.6) is 0 Å². The summed E-state index contributed by atoms with van der Waals surface area (Å²) in [7, 11) is 0. The minimum absolute atomic E-state index is 0.256. The Morgan fingerprint density at radius 2 is 1.92 bits per heavy atom. The minimum Gasteiger partial charge on any atom is -0.388 e. The number of nitrogens with one attached hydrogen (secondary N) is 1. The van der Waals surface area contributed by atoms with Gasteiger partial charge in [-0.1, -0.05) is 37.3 Å². The fraction of sp³-hybridized carbons (Fsp3) is 0.667. The predicted molar refractivity (Wildman–Crippen MR) is 100 cm³/mol. The molecule has 2 fully saturated rings. The second-order valence-electron chi connectivity index (χ2n) is 7.86. The topological polar surface area (TPSA) is 52.6 Å². The smallest absolute Gasteiger partial charge is 0.222 e. The van der Waals surface area contributed by atoms with Crippen molar-refractivity contribution < 1.29 is 9.90 Å². The van der Waals surface area contributed by atoms with Crippen LogP contribution in [-0.4, -0.2) is 42.1 Å². The van der Waals surface area contributed by atoms with Crippen molar-refractivity contribution in [2.75, 3.05) is 26.2 Å². The van der Waals surface area contributed by atoms with Gasteiger partial charge in [-0.15, -0.1) is 0 Å². The van der Waals surface area contributed by atoms with Crippen LogP contribution in [0.25, 0.3) is 0 Å². The van der Waals surface area contributed by atoms with E-state index in [1.165, 1.54) is 12.8 Å². The second kappa shape index (κ2) is 8.81. The molecule has 1 aromatic rings. The van der Waals surface area contributed by atoms with E-state index in [2.05, 4.69) is 12.2 Å². The van der Waals surface area contributed by atoms with Gasteiger partial charge in [-0.05, 0) is 62.1 Å². The Bertz CT molecular complexity index is 534. The largest absolute Gasteiger partial charge is 0.388 e. The van der Waals surface area contributed by atoms with Crippen molar-refractivity contribution in [3.8, 4) is 0 Å². The summed E-state index contributed by atoms with van der Waals surface area (Å²) in [6, 6.07) is 9.89. The van der Waals surface area contributed by atoms with Crippen LogP contribution in [0, 0.1) is 17.8 Å². The lowest BCUT2D eigenvalue weighted by atomic mass is 9.84. The van der Waals surface area contributed by atoms with Crippen LogP contribution >= 0.6 is 0 Å². The van der Waals surface area contributed by atoms with Crippen molar-refractivity contribution >= 4 is 5.91 Å². The number of hydrogen-bond donors (Lipinski definition) is 2. The lowest BCUT2D eigenvalue weighted by Gasteiger charge is -2.36. The molecule has 2 saturated heterocycles. The molecule has 2 heterocycles. The Morgan fingerprint density at radius 1 is 1.20 bits per heavy atom. The number of carbonyl (C=O) groups is 1. The van der Waals surface area contributed by atoms with Crippen LogP contribution in [0.15, 0.2) is 30.3 Å². The van der Waals surface area contributed by atoms with Crippen LogP contribution in [0.1, 0.15) is 50.7 Å². The van der Waals surface area contributed by atoms with Crippen molar-refractivity contribution in [2.45, 2.75) is 45.1 Å². The zero-order valence-electron chi connectivity index (χ0n) is 15.4. The standard InChI is InChI=1S/C21H32N2O2/c1-16(19-8-5-11-22-15-19)14-20(24)23-12-9-18(10-13-23)21(25)17-6-3-2-4-7-17/h2-4,6-7,16,18-19,21-22,25H,5,8-15H2,1H3. The molecule has 1 amide bonds. The molecule has 2 aliphatic heterocycles. The average Bonchev–Trinajstić information content (AvgIpc) is 2.69. The Labute approximate surface area is 151 Å². The van der Waals surface area contributed by atoms with Crippen LogP contribution in [-0.2, 0) is 4.79 Å². The summed E-state index contributed by atoms with van der Waals surface area (Å²) >= 11 is 0. The van der Waals surface area contributed by atoms with Crippen LogP contribution < -0.4 is 5.32 Å². The molecule has 3 rings (SSSR count). The van der Waals surface area contributed by atoms with Gasteiger partial charge in [0.25, 0.3) is 0 Å². The minimum atomic E-state index is -0.411. The number of nitrogens with zero attached hydrogens (tertiary/aromatic N) is 1. The number of aliphatic hydroxyl groups excluding tert-OH is 1. The molecule has 25 heavy (non-hydrogen) atoms. The van der Waals surface area contributed by atoms with Gasteiger partial charge in [-0.3, -0.25) is 4.79 Å². The molecule has 0 saturated carbocycles. The van der Waals surface area contributed by atoms with Gasteiger partial charge in [0.15, 0.2) is 0 Å². The Hall–Kier alpha value is -1.39. The number of carbonyl (C=O) groups excluding carboxylic acids is 1. The molecule has 2 N–H and O–H groups in total. The fourth-order valence-electron chi connectivity index (χ4n) is 4.32. The van der Waals surface area contributed by atoms with Crippen molar-refractivity contribution in [1.29, 1.82) is 0 Å². The van der Waals surface area contributed by atoms with E-state index >= 15 is 0 Å². The number of likely N-dealkylation sites (tertiary alicyclic amines) is 1. The van der Waals surface area contributed by atoms with E-state index in [-0.39, 0.29) is 5.92 Å². The molecule has 4 heteroatoms. The third-order valence-electron chi connectivity index (χ3n) is 6.12. The lowest BCUT2D eigenvalue weighted by molar-refractivity contribution is -0.134. The maximum atomic E-state index is 12.6. The molecule has 1 aromatic carbocycles. The Kier molecular flexibility index (Phi) is 6.49. The Morgan fingerprint density at radius 3 is 2.56 bits per heavy atom. The molecule has 3 unspecified atom stereocenters. The molecular formula is C21H32N2O2. The number of aliphatic hydroxyl groups is 1. The number of hydrogen-bond acceptors (Lipinski definition) is 3. The SMILES string of the molecule is CC(CC(=O)N1CCC(C(O)c2ccccc2)CC1)C1CCCNC1. The zero-order chi connectivity index (χ0) is 17.6. The summed E-state index contributed by atoms with van der Waals surface area (Å²) in [5.41, 5.74) is 0.991. The first kappa shape index (κ1) is 18.4. The van der Waals surface area contributed by atoms with Crippen LogP contribution in [0.2, 0.25) is 0 Å².